The van der Waals surface area contributed by atoms with Crippen molar-refractivity contribution in [1.82, 2.24) is 0 Å². The van der Waals surface area contributed by atoms with Crippen molar-refractivity contribution < 1.29 is 24.9 Å². The number of esters is 1. The lowest BCUT2D eigenvalue weighted by molar-refractivity contribution is -0.143. The molecule has 0 aromatic rings. The zero-order valence-corrected chi connectivity index (χ0v) is 8.61. The zero-order chi connectivity index (χ0) is 11.2. The van der Waals surface area contributed by atoms with Crippen LogP contribution in [0.1, 0.15) is 26.2 Å². The third-order valence-corrected chi connectivity index (χ3v) is 1.11. The van der Waals surface area contributed by atoms with E-state index < -0.39 is 0 Å². The van der Waals surface area contributed by atoms with Gasteiger partial charge in [-0.25, -0.2) is 0 Å². The Labute approximate surface area is 84.3 Å². The Bertz CT molecular complexity index is 104. The Morgan fingerprint density at radius 2 is 1.71 bits per heavy atom. The van der Waals surface area contributed by atoms with Crippen molar-refractivity contribution in [2.24, 2.45) is 0 Å². The summed E-state index contributed by atoms with van der Waals surface area (Å²) in [6, 6.07) is 0. The van der Waals surface area contributed by atoms with E-state index in [-0.39, 0.29) is 25.8 Å². The van der Waals surface area contributed by atoms with Gasteiger partial charge in [0.15, 0.2) is 0 Å². The van der Waals surface area contributed by atoms with E-state index >= 15 is 0 Å². The molecule has 0 atom stereocenters. The van der Waals surface area contributed by atoms with Crippen LogP contribution in [0.25, 0.3) is 0 Å². The van der Waals surface area contributed by atoms with E-state index in [1.807, 2.05) is 6.92 Å². The van der Waals surface area contributed by atoms with Gasteiger partial charge in [-0.15, -0.1) is 0 Å². The standard InChI is InChI=1S/C7H14O3.C2H6O2/c1-2-6-10-7(9)4-3-5-8;3-1-2-4/h8H,2-6H2,1H3;3-4H,1-2H2. The number of aliphatic hydroxyl groups excluding tert-OH is 3. The smallest absolute Gasteiger partial charge is 0.305 e. The third-order valence-electron chi connectivity index (χ3n) is 1.11. The molecule has 0 rings (SSSR count). The summed E-state index contributed by atoms with van der Waals surface area (Å²) < 4.78 is 4.74. The van der Waals surface area contributed by atoms with Crippen molar-refractivity contribution in [1.29, 1.82) is 0 Å². The highest BCUT2D eigenvalue weighted by atomic mass is 16.5. The van der Waals surface area contributed by atoms with Gasteiger partial charge in [0, 0.05) is 13.0 Å². The van der Waals surface area contributed by atoms with Crippen LogP contribution in [0.4, 0.5) is 0 Å². The van der Waals surface area contributed by atoms with E-state index in [9.17, 15) is 4.79 Å². The second-order valence-electron chi connectivity index (χ2n) is 2.49. The third kappa shape index (κ3) is 17.4. The summed E-state index contributed by atoms with van der Waals surface area (Å²) in [5.74, 6) is -0.212. The van der Waals surface area contributed by atoms with Gasteiger partial charge in [-0.3, -0.25) is 4.79 Å². The van der Waals surface area contributed by atoms with Crippen molar-refractivity contribution in [3.05, 3.63) is 0 Å². The number of hydrogen-bond acceptors (Lipinski definition) is 5. The molecule has 0 aromatic heterocycles. The molecular weight excluding hydrogens is 188 g/mol. The molecule has 5 nitrogen and oxygen atoms in total. The molecule has 86 valence electrons. The van der Waals surface area contributed by atoms with Crippen LogP contribution < -0.4 is 0 Å². The van der Waals surface area contributed by atoms with Crippen LogP contribution in [0.5, 0.6) is 0 Å². The largest absolute Gasteiger partial charge is 0.466 e. The highest BCUT2D eigenvalue weighted by Crippen LogP contribution is 1.91. The average molecular weight is 208 g/mol. The van der Waals surface area contributed by atoms with Crippen molar-refractivity contribution in [3.63, 3.8) is 0 Å². The highest BCUT2D eigenvalue weighted by Gasteiger charge is 1.99. The predicted molar refractivity (Wildman–Crippen MR) is 51.7 cm³/mol. The van der Waals surface area contributed by atoms with E-state index in [1.165, 1.54) is 0 Å². The van der Waals surface area contributed by atoms with Crippen LogP contribution in [-0.4, -0.2) is 47.7 Å². The van der Waals surface area contributed by atoms with Crippen LogP contribution in [0, 0.1) is 0 Å². The molecule has 5 heteroatoms. The molecule has 0 radical (unpaired) electrons. The van der Waals surface area contributed by atoms with Gasteiger partial charge in [0.05, 0.1) is 19.8 Å². The monoisotopic (exact) mass is 208 g/mol. The first-order valence-corrected chi connectivity index (χ1v) is 4.71. The second-order valence-corrected chi connectivity index (χ2v) is 2.49. The minimum absolute atomic E-state index is 0.0568. The maximum atomic E-state index is 10.6. The fraction of sp³-hybridized carbons (Fsp3) is 0.889. The number of carbonyl (C=O) groups excluding carboxylic acids is 1. The summed E-state index contributed by atoms with van der Waals surface area (Å²) in [5.41, 5.74) is 0. The average Bonchev–Trinajstić information content (AvgIpc) is 2.23. The van der Waals surface area contributed by atoms with E-state index in [0.29, 0.717) is 19.4 Å². The fourth-order valence-corrected chi connectivity index (χ4v) is 0.511. The minimum atomic E-state index is -0.212. The molecule has 0 aliphatic carbocycles. The first-order chi connectivity index (χ1) is 6.72. The summed E-state index contributed by atoms with van der Waals surface area (Å²) in [7, 11) is 0. The summed E-state index contributed by atoms with van der Waals surface area (Å²) in [4.78, 5) is 10.6. The molecule has 0 fully saturated rings. The van der Waals surface area contributed by atoms with Crippen molar-refractivity contribution >= 4 is 5.97 Å². The Hall–Kier alpha value is -0.650. The number of aliphatic hydroxyl groups is 3. The van der Waals surface area contributed by atoms with Crippen molar-refractivity contribution in [2.75, 3.05) is 26.4 Å². The van der Waals surface area contributed by atoms with E-state index in [4.69, 9.17) is 20.1 Å². The fourth-order valence-electron chi connectivity index (χ4n) is 0.511. The Morgan fingerprint density at radius 3 is 2.07 bits per heavy atom. The molecule has 0 aliphatic rings. The summed E-state index contributed by atoms with van der Waals surface area (Å²) in [6.07, 6.45) is 1.68. The van der Waals surface area contributed by atoms with Gasteiger partial charge in [0.2, 0.25) is 0 Å². The molecule has 0 amide bonds. The van der Waals surface area contributed by atoms with Gasteiger partial charge in [0.1, 0.15) is 0 Å². The lowest BCUT2D eigenvalue weighted by Gasteiger charge is -2.00. The topological polar surface area (TPSA) is 87.0 Å². The molecule has 0 saturated heterocycles. The van der Waals surface area contributed by atoms with Gasteiger partial charge < -0.3 is 20.1 Å². The Kier molecular flexibility index (Phi) is 16.8. The zero-order valence-electron chi connectivity index (χ0n) is 8.61. The van der Waals surface area contributed by atoms with Crippen molar-refractivity contribution in [3.8, 4) is 0 Å². The number of ether oxygens (including phenoxy) is 1. The van der Waals surface area contributed by atoms with Crippen LogP contribution >= 0.6 is 0 Å². The quantitative estimate of drug-likeness (QED) is 0.521. The predicted octanol–water partition coefficient (Wildman–Crippen LogP) is -0.317. The van der Waals surface area contributed by atoms with Crippen LogP contribution in [0.2, 0.25) is 0 Å². The summed E-state index contributed by atoms with van der Waals surface area (Å²) >= 11 is 0. The van der Waals surface area contributed by atoms with E-state index in [1.54, 1.807) is 0 Å². The molecule has 0 aromatic carbocycles. The van der Waals surface area contributed by atoms with Gasteiger partial charge >= 0.3 is 5.97 Å². The van der Waals surface area contributed by atoms with Gasteiger partial charge in [-0.1, -0.05) is 6.92 Å². The number of hydrogen-bond donors (Lipinski definition) is 3. The molecule has 0 aliphatic heterocycles. The Morgan fingerprint density at radius 1 is 1.14 bits per heavy atom. The lowest BCUT2D eigenvalue weighted by atomic mass is 10.3. The molecule has 0 heterocycles. The molecule has 0 bridgehead atoms. The summed E-state index contributed by atoms with van der Waals surface area (Å²) in [6.45, 7) is 2.24. The van der Waals surface area contributed by atoms with E-state index in [0.717, 1.165) is 6.42 Å². The number of carbonyl (C=O) groups is 1. The first-order valence-electron chi connectivity index (χ1n) is 4.71. The molecule has 0 unspecified atom stereocenters. The molecule has 0 spiro atoms. The van der Waals surface area contributed by atoms with Gasteiger partial charge in [-0.05, 0) is 12.8 Å². The SMILES string of the molecule is CCCOC(=O)CCCO.OCCO. The lowest BCUT2D eigenvalue weighted by Crippen LogP contribution is -2.05. The molecule has 14 heavy (non-hydrogen) atoms. The normalized spacial score (nSPS) is 8.86. The van der Waals surface area contributed by atoms with Gasteiger partial charge in [-0.2, -0.15) is 0 Å². The number of rotatable bonds is 6. The van der Waals surface area contributed by atoms with Gasteiger partial charge in [0.25, 0.3) is 0 Å². The second kappa shape index (κ2) is 14.9. The minimum Gasteiger partial charge on any atom is -0.466 e. The maximum absolute atomic E-state index is 10.6. The molecular formula is C9H20O5. The molecule has 3 N–H and O–H groups in total. The highest BCUT2D eigenvalue weighted by molar-refractivity contribution is 5.69. The maximum Gasteiger partial charge on any atom is 0.305 e. The van der Waals surface area contributed by atoms with Crippen LogP contribution in [0.3, 0.4) is 0 Å². The molecule has 0 saturated carbocycles. The van der Waals surface area contributed by atoms with Crippen LogP contribution in [0.15, 0.2) is 0 Å². The first kappa shape index (κ1) is 15.8. The van der Waals surface area contributed by atoms with Crippen LogP contribution in [-0.2, 0) is 9.53 Å². The summed E-state index contributed by atoms with van der Waals surface area (Å²) in [5, 5.41) is 23.6. The van der Waals surface area contributed by atoms with E-state index in [2.05, 4.69) is 0 Å². The Balaban J connectivity index is 0. The van der Waals surface area contributed by atoms with Crippen molar-refractivity contribution in [2.45, 2.75) is 26.2 Å².